The van der Waals surface area contributed by atoms with Crippen molar-refractivity contribution in [3.8, 4) is 11.3 Å². The number of aromatic amines is 1. The summed E-state index contributed by atoms with van der Waals surface area (Å²) >= 11 is 0. The summed E-state index contributed by atoms with van der Waals surface area (Å²) in [7, 11) is 0. The molecule has 0 amide bonds. The van der Waals surface area contributed by atoms with E-state index in [0.717, 1.165) is 36.6 Å². The van der Waals surface area contributed by atoms with Gasteiger partial charge in [-0.1, -0.05) is 13.0 Å². The molecule has 1 atom stereocenters. The molecule has 1 aromatic carbocycles. The number of halogens is 2. The van der Waals surface area contributed by atoms with Crippen LogP contribution in [0.3, 0.4) is 0 Å². The lowest BCUT2D eigenvalue weighted by Crippen LogP contribution is -2.34. The second-order valence-corrected chi connectivity index (χ2v) is 8.01. The summed E-state index contributed by atoms with van der Waals surface area (Å²) < 4.78 is 29.0. The quantitative estimate of drug-likeness (QED) is 0.639. The van der Waals surface area contributed by atoms with Crippen LogP contribution < -0.4 is 10.2 Å². The lowest BCUT2D eigenvalue weighted by Gasteiger charge is -2.32. The Morgan fingerprint density at radius 1 is 1.20 bits per heavy atom. The highest BCUT2D eigenvalue weighted by molar-refractivity contribution is 6.13. The van der Waals surface area contributed by atoms with Gasteiger partial charge in [-0.25, -0.2) is 18.8 Å². The van der Waals surface area contributed by atoms with Crippen molar-refractivity contribution in [2.24, 2.45) is 10.9 Å². The molecule has 0 aliphatic carbocycles. The number of piperidine rings is 1. The molecule has 1 unspecified atom stereocenters. The molecule has 2 aliphatic heterocycles. The average molecular weight is 408 g/mol. The minimum atomic E-state index is -0.681. The molecular weight excluding hydrogens is 386 g/mol. The average Bonchev–Trinajstić information content (AvgIpc) is 2.99. The summed E-state index contributed by atoms with van der Waals surface area (Å²) in [6.45, 7) is 5.99. The van der Waals surface area contributed by atoms with E-state index in [0.29, 0.717) is 23.0 Å². The molecular formula is C22H22F2N6. The fraction of sp³-hybridized carbons (Fsp3) is 0.318. The lowest BCUT2D eigenvalue weighted by atomic mass is 10.00. The molecule has 6 nitrogen and oxygen atoms in total. The van der Waals surface area contributed by atoms with Crippen LogP contribution in [-0.4, -0.2) is 34.1 Å². The molecule has 1 saturated heterocycles. The second-order valence-electron chi connectivity index (χ2n) is 8.01. The third kappa shape index (κ3) is 3.12. The predicted molar refractivity (Wildman–Crippen MR) is 113 cm³/mol. The minimum Gasteiger partial charge on any atom is -0.356 e. The first-order valence-electron chi connectivity index (χ1n) is 10.1. The Morgan fingerprint density at radius 3 is 2.77 bits per heavy atom. The first kappa shape index (κ1) is 18.7. The largest absolute Gasteiger partial charge is 0.356 e. The van der Waals surface area contributed by atoms with Gasteiger partial charge in [0.25, 0.3) is 0 Å². The molecule has 154 valence electrons. The zero-order valence-electron chi connectivity index (χ0n) is 16.8. The van der Waals surface area contributed by atoms with Crippen molar-refractivity contribution in [2.45, 2.75) is 26.7 Å². The van der Waals surface area contributed by atoms with E-state index in [-0.39, 0.29) is 11.4 Å². The second kappa shape index (κ2) is 7.19. The van der Waals surface area contributed by atoms with Gasteiger partial charge in [0, 0.05) is 18.7 Å². The Kier molecular flexibility index (Phi) is 4.49. The molecule has 1 fully saturated rings. The smallest absolute Gasteiger partial charge is 0.144 e. The number of aryl methyl sites for hydroxylation is 1. The summed E-state index contributed by atoms with van der Waals surface area (Å²) in [5.41, 5.74) is 3.12. The Hall–Kier alpha value is -3.29. The molecule has 0 bridgehead atoms. The van der Waals surface area contributed by atoms with E-state index in [1.165, 1.54) is 24.6 Å². The number of H-pyrrole nitrogens is 1. The molecule has 0 spiro atoms. The number of nitrogens with zero attached hydrogens (tertiary/aromatic N) is 4. The van der Waals surface area contributed by atoms with Crippen LogP contribution >= 0.6 is 0 Å². The molecule has 4 heterocycles. The first-order chi connectivity index (χ1) is 14.5. The van der Waals surface area contributed by atoms with E-state index < -0.39 is 11.6 Å². The molecule has 0 saturated carbocycles. The third-order valence-corrected chi connectivity index (χ3v) is 5.72. The number of anilines is 2. The van der Waals surface area contributed by atoms with Crippen LogP contribution in [0.2, 0.25) is 0 Å². The standard InChI is InChI=1S/C22H22F2N6/c1-12-5-4-8-30(11-12)18-9-14-17(10-25-18)26-22(19-15(23)6-3-7-16(19)24)27-20-13(2)28-29-21(14)20/h3,6-7,9-10,12H,4-5,8,11H2,1-2H3,(H,26,27)(H,28,29). The Balaban J connectivity index is 1.64. The maximum Gasteiger partial charge on any atom is 0.144 e. The number of nitrogens with one attached hydrogen (secondary N) is 2. The van der Waals surface area contributed by atoms with E-state index in [2.05, 4.69) is 37.3 Å². The van der Waals surface area contributed by atoms with Gasteiger partial charge in [0.15, 0.2) is 0 Å². The molecule has 30 heavy (non-hydrogen) atoms. The summed E-state index contributed by atoms with van der Waals surface area (Å²) in [4.78, 5) is 11.5. The van der Waals surface area contributed by atoms with Crippen LogP contribution in [0.15, 0.2) is 35.5 Å². The van der Waals surface area contributed by atoms with Crippen LogP contribution in [0, 0.1) is 24.5 Å². The maximum atomic E-state index is 14.5. The maximum absolute atomic E-state index is 14.5. The summed E-state index contributed by atoms with van der Waals surface area (Å²) in [5, 5.41) is 10.5. The topological polar surface area (TPSA) is 69.2 Å². The molecule has 0 radical (unpaired) electrons. The number of aliphatic imine (C=N–C) groups is 1. The number of fused-ring (bicyclic) bond motifs is 3. The number of hydrogen-bond acceptors (Lipinski definition) is 5. The molecule has 3 aromatic rings. The third-order valence-electron chi connectivity index (χ3n) is 5.72. The van der Waals surface area contributed by atoms with Crippen LogP contribution in [0.1, 0.15) is 31.0 Å². The number of aromatic nitrogens is 3. The van der Waals surface area contributed by atoms with E-state index in [9.17, 15) is 8.78 Å². The molecule has 2 N–H and O–H groups in total. The molecule has 2 aromatic heterocycles. The van der Waals surface area contributed by atoms with Crippen LogP contribution in [0.25, 0.3) is 11.3 Å². The zero-order chi connectivity index (χ0) is 20.8. The van der Waals surface area contributed by atoms with E-state index in [4.69, 9.17) is 0 Å². The first-order valence-corrected chi connectivity index (χ1v) is 10.1. The van der Waals surface area contributed by atoms with Gasteiger partial charge < -0.3 is 10.2 Å². The highest BCUT2D eigenvalue weighted by Crippen LogP contribution is 2.40. The number of pyridine rings is 1. The van der Waals surface area contributed by atoms with Gasteiger partial charge in [0.05, 0.1) is 23.1 Å². The summed E-state index contributed by atoms with van der Waals surface area (Å²) in [5.74, 6) is 0.212. The van der Waals surface area contributed by atoms with Gasteiger partial charge in [0.2, 0.25) is 0 Å². The fourth-order valence-electron chi connectivity index (χ4n) is 4.17. The summed E-state index contributed by atoms with van der Waals surface area (Å²) in [6.07, 6.45) is 4.04. The molecule has 5 rings (SSSR count). The van der Waals surface area contributed by atoms with Gasteiger partial charge >= 0.3 is 0 Å². The van der Waals surface area contributed by atoms with Gasteiger partial charge in [-0.15, -0.1) is 0 Å². The van der Waals surface area contributed by atoms with Crippen molar-refractivity contribution in [3.63, 3.8) is 0 Å². The predicted octanol–water partition coefficient (Wildman–Crippen LogP) is 4.80. The number of hydrogen-bond donors (Lipinski definition) is 2. The highest BCUT2D eigenvalue weighted by Gasteiger charge is 2.26. The lowest BCUT2D eigenvalue weighted by molar-refractivity contribution is 0.444. The van der Waals surface area contributed by atoms with Crippen molar-refractivity contribution in [1.82, 2.24) is 15.2 Å². The monoisotopic (exact) mass is 408 g/mol. The van der Waals surface area contributed by atoms with Crippen molar-refractivity contribution in [2.75, 3.05) is 23.3 Å². The summed E-state index contributed by atoms with van der Waals surface area (Å²) in [6, 6.07) is 5.75. The van der Waals surface area contributed by atoms with Crippen molar-refractivity contribution in [1.29, 1.82) is 0 Å². The van der Waals surface area contributed by atoms with Crippen molar-refractivity contribution >= 4 is 23.0 Å². The van der Waals surface area contributed by atoms with E-state index in [1.54, 1.807) is 6.20 Å². The van der Waals surface area contributed by atoms with Crippen LogP contribution in [0.4, 0.5) is 26.0 Å². The number of rotatable bonds is 2. The molecule has 8 heteroatoms. The van der Waals surface area contributed by atoms with E-state index >= 15 is 0 Å². The Bertz CT molecular complexity index is 1130. The SMILES string of the molecule is Cc1[nH]nc2c1N=C(c1c(F)cccc1F)Nc1cnc(N3CCCC(C)C3)cc1-2. The Morgan fingerprint density at radius 2 is 2.00 bits per heavy atom. The molecule has 2 aliphatic rings. The van der Waals surface area contributed by atoms with Gasteiger partial charge in [-0.05, 0) is 43.9 Å². The van der Waals surface area contributed by atoms with Crippen molar-refractivity contribution in [3.05, 3.63) is 53.4 Å². The van der Waals surface area contributed by atoms with Gasteiger partial charge in [-0.3, -0.25) is 5.10 Å². The van der Waals surface area contributed by atoms with Crippen LogP contribution in [0.5, 0.6) is 0 Å². The minimum absolute atomic E-state index is 0.0937. The van der Waals surface area contributed by atoms with E-state index in [1.807, 2.05) is 13.0 Å². The highest BCUT2D eigenvalue weighted by atomic mass is 19.1. The fourth-order valence-corrected chi connectivity index (χ4v) is 4.17. The number of benzene rings is 1. The normalized spacial score (nSPS) is 18.2. The van der Waals surface area contributed by atoms with Crippen LogP contribution in [-0.2, 0) is 0 Å². The number of amidine groups is 1. The zero-order valence-corrected chi connectivity index (χ0v) is 16.8. The van der Waals surface area contributed by atoms with Crippen molar-refractivity contribution < 1.29 is 8.78 Å². The Labute approximate surface area is 173 Å². The van der Waals surface area contributed by atoms with Gasteiger partial charge in [0.1, 0.15) is 34.7 Å². The van der Waals surface area contributed by atoms with Gasteiger partial charge in [-0.2, -0.15) is 5.10 Å².